The Kier molecular flexibility index (Phi) is 9.94. The molecule has 0 saturated carbocycles. The van der Waals surface area contributed by atoms with Gasteiger partial charge >= 0.3 is 0 Å². The van der Waals surface area contributed by atoms with Crippen molar-refractivity contribution in [1.29, 1.82) is 0 Å². The van der Waals surface area contributed by atoms with Gasteiger partial charge in [-0.15, -0.1) is 0 Å². The van der Waals surface area contributed by atoms with Crippen LogP contribution in [0.3, 0.4) is 0 Å². The maximum atomic E-state index is 4.97. The van der Waals surface area contributed by atoms with Gasteiger partial charge in [0.25, 0.3) is 0 Å². The predicted molar refractivity (Wildman–Crippen MR) is 55.5 cm³/mol. The van der Waals surface area contributed by atoms with Gasteiger partial charge in [-0.1, -0.05) is 45.4 Å². The molecule has 2 heteroatoms. The standard InChI is InChI=1S/C11H24O2/c1-4-5-6-7-8-9-10-11(2)13-12-3/h11H,4-10H2,1-3H3. The van der Waals surface area contributed by atoms with Crippen molar-refractivity contribution in [2.45, 2.75) is 64.9 Å². The smallest absolute Gasteiger partial charge is 0.0901 e. The predicted octanol–water partition coefficient (Wildman–Crippen LogP) is 3.70. The molecule has 0 aromatic rings. The van der Waals surface area contributed by atoms with E-state index in [1.165, 1.54) is 38.5 Å². The van der Waals surface area contributed by atoms with Crippen molar-refractivity contribution in [3.63, 3.8) is 0 Å². The summed E-state index contributed by atoms with van der Waals surface area (Å²) in [5.74, 6) is 0. The second-order valence-electron chi connectivity index (χ2n) is 3.63. The lowest BCUT2D eigenvalue weighted by Gasteiger charge is -2.08. The van der Waals surface area contributed by atoms with E-state index in [0.717, 1.165) is 6.42 Å². The molecule has 0 amide bonds. The first kappa shape index (κ1) is 12.9. The topological polar surface area (TPSA) is 18.5 Å². The molecule has 0 aromatic carbocycles. The van der Waals surface area contributed by atoms with Gasteiger partial charge < -0.3 is 0 Å². The minimum atomic E-state index is 0.246. The summed E-state index contributed by atoms with van der Waals surface area (Å²) in [4.78, 5) is 9.57. The van der Waals surface area contributed by atoms with E-state index < -0.39 is 0 Å². The molecular weight excluding hydrogens is 164 g/mol. The van der Waals surface area contributed by atoms with Gasteiger partial charge in [0.05, 0.1) is 13.2 Å². The maximum absolute atomic E-state index is 4.97. The second-order valence-corrected chi connectivity index (χ2v) is 3.63. The van der Waals surface area contributed by atoms with Gasteiger partial charge in [-0.05, 0) is 13.3 Å². The summed E-state index contributed by atoms with van der Waals surface area (Å²) in [6.45, 7) is 4.30. The fourth-order valence-corrected chi connectivity index (χ4v) is 1.42. The minimum Gasteiger partial charge on any atom is -0.240 e. The van der Waals surface area contributed by atoms with Gasteiger partial charge in [0.1, 0.15) is 0 Å². The van der Waals surface area contributed by atoms with Crippen LogP contribution in [0.25, 0.3) is 0 Å². The van der Waals surface area contributed by atoms with Crippen LogP contribution in [0.2, 0.25) is 0 Å². The van der Waals surface area contributed by atoms with Crippen LogP contribution >= 0.6 is 0 Å². The van der Waals surface area contributed by atoms with Crippen LogP contribution in [-0.2, 0) is 9.78 Å². The monoisotopic (exact) mass is 188 g/mol. The fourth-order valence-electron chi connectivity index (χ4n) is 1.42. The van der Waals surface area contributed by atoms with Crippen LogP contribution in [0.4, 0.5) is 0 Å². The molecule has 0 spiro atoms. The maximum Gasteiger partial charge on any atom is 0.0901 e. The van der Waals surface area contributed by atoms with E-state index in [2.05, 4.69) is 18.7 Å². The molecule has 1 unspecified atom stereocenters. The minimum absolute atomic E-state index is 0.246. The fraction of sp³-hybridized carbons (Fsp3) is 1.00. The summed E-state index contributed by atoms with van der Waals surface area (Å²) < 4.78 is 0. The zero-order chi connectivity index (χ0) is 9.94. The first-order chi connectivity index (χ1) is 6.31. The van der Waals surface area contributed by atoms with Crippen molar-refractivity contribution in [1.82, 2.24) is 0 Å². The molecule has 0 aromatic heterocycles. The van der Waals surface area contributed by atoms with Crippen LogP contribution in [0, 0.1) is 0 Å². The Morgan fingerprint density at radius 1 is 1.00 bits per heavy atom. The molecule has 2 nitrogen and oxygen atoms in total. The Hall–Kier alpha value is -0.0800. The van der Waals surface area contributed by atoms with E-state index in [4.69, 9.17) is 4.89 Å². The average Bonchev–Trinajstić information content (AvgIpc) is 2.11. The molecular formula is C11H24O2. The molecule has 0 fully saturated rings. The molecule has 1 atom stereocenters. The van der Waals surface area contributed by atoms with Crippen molar-refractivity contribution in [2.24, 2.45) is 0 Å². The molecule has 0 aliphatic heterocycles. The highest BCUT2D eigenvalue weighted by Gasteiger charge is 2.00. The first-order valence-corrected chi connectivity index (χ1v) is 5.50. The highest BCUT2D eigenvalue weighted by atomic mass is 17.2. The van der Waals surface area contributed by atoms with Gasteiger partial charge in [-0.2, -0.15) is 0 Å². The molecule has 80 valence electrons. The summed E-state index contributed by atoms with van der Waals surface area (Å²) in [6, 6.07) is 0. The summed E-state index contributed by atoms with van der Waals surface area (Å²) in [6.07, 6.45) is 9.40. The van der Waals surface area contributed by atoms with E-state index >= 15 is 0 Å². The van der Waals surface area contributed by atoms with E-state index in [-0.39, 0.29) is 6.10 Å². The van der Waals surface area contributed by atoms with Crippen LogP contribution < -0.4 is 0 Å². The van der Waals surface area contributed by atoms with E-state index in [9.17, 15) is 0 Å². The van der Waals surface area contributed by atoms with Crippen molar-refractivity contribution in [2.75, 3.05) is 7.11 Å². The Bertz CT molecular complexity index is 94.1. The largest absolute Gasteiger partial charge is 0.240 e. The molecule has 13 heavy (non-hydrogen) atoms. The number of hydrogen-bond acceptors (Lipinski definition) is 2. The van der Waals surface area contributed by atoms with Crippen LogP contribution in [-0.4, -0.2) is 13.2 Å². The number of rotatable bonds is 9. The van der Waals surface area contributed by atoms with Gasteiger partial charge in [-0.3, -0.25) is 0 Å². The lowest BCUT2D eigenvalue weighted by Crippen LogP contribution is -2.06. The number of hydrogen-bond donors (Lipinski definition) is 0. The van der Waals surface area contributed by atoms with Crippen molar-refractivity contribution in [3.05, 3.63) is 0 Å². The third-order valence-corrected chi connectivity index (χ3v) is 2.22. The molecule has 0 aliphatic carbocycles. The van der Waals surface area contributed by atoms with Gasteiger partial charge in [0, 0.05) is 0 Å². The molecule has 0 N–H and O–H groups in total. The van der Waals surface area contributed by atoms with Gasteiger partial charge in [0.2, 0.25) is 0 Å². The molecule has 0 radical (unpaired) electrons. The zero-order valence-corrected chi connectivity index (χ0v) is 9.34. The highest BCUT2D eigenvalue weighted by Crippen LogP contribution is 2.09. The molecule has 0 bridgehead atoms. The van der Waals surface area contributed by atoms with E-state index in [1.807, 2.05) is 0 Å². The summed E-state index contributed by atoms with van der Waals surface area (Å²) in [7, 11) is 1.57. The zero-order valence-electron chi connectivity index (χ0n) is 9.34. The van der Waals surface area contributed by atoms with Crippen molar-refractivity contribution < 1.29 is 9.78 Å². The van der Waals surface area contributed by atoms with Crippen LogP contribution in [0.5, 0.6) is 0 Å². The Morgan fingerprint density at radius 3 is 2.23 bits per heavy atom. The third kappa shape index (κ3) is 9.84. The lowest BCUT2D eigenvalue weighted by atomic mass is 10.1. The molecule has 0 rings (SSSR count). The van der Waals surface area contributed by atoms with Crippen molar-refractivity contribution in [3.8, 4) is 0 Å². The van der Waals surface area contributed by atoms with Crippen molar-refractivity contribution >= 4 is 0 Å². The molecule has 0 aliphatic rings. The van der Waals surface area contributed by atoms with E-state index in [0.29, 0.717) is 0 Å². The van der Waals surface area contributed by atoms with Gasteiger partial charge in [-0.25, -0.2) is 9.78 Å². The highest BCUT2D eigenvalue weighted by molar-refractivity contribution is 4.50. The summed E-state index contributed by atoms with van der Waals surface area (Å²) in [5, 5.41) is 0. The van der Waals surface area contributed by atoms with E-state index in [1.54, 1.807) is 7.11 Å². The first-order valence-electron chi connectivity index (χ1n) is 5.50. The molecule has 0 heterocycles. The number of unbranched alkanes of at least 4 members (excludes halogenated alkanes) is 5. The average molecular weight is 188 g/mol. The Labute approximate surface area is 82.5 Å². The van der Waals surface area contributed by atoms with Gasteiger partial charge in [0.15, 0.2) is 0 Å². The SMILES string of the molecule is CCCCCCCCC(C)OOC. The Balaban J connectivity index is 2.97. The second kappa shape index (κ2) is 10.0. The van der Waals surface area contributed by atoms with Crippen LogP contribution in [0.15, 0.2) is 0 Å². The Morgan fingerprint density at radius 2 is 1.62 bits per heavy atom. The lowest BCUT2D eigenvalue weighted by molar-refractivity contribution is -0.301. The summed E-state index contributed by atoms with van der Waals surface area (Å²) >= 11 is 0. The molecule has 0 saturated heterocycles. The third-order valence-electron chi connectivity index (χ3n) is 2.22. The summed E-state index contributed by atoms with van der Waals surface area (Å²) in [5.41, 5.74) is 0. The quantitative estimate of drug-likeness (QED) is 0.312. The van der Waals surface area contributed by atoms with Crippen LogP contribution in [0.1, 0.15) is 58.8 Å². The normalized spacial score (nSPS) is 13.2.